The number of unbranched alkanes of at least 4 members (excludes halogenated alkanes) is 3. The Balaban J connectivity index is 1.93. The van der Waals surface area contributed by atoms with Gasteiger partial charge in [0.05, 0.1) is 22.9 Å². The summed E-state index contributed by atoms with van der Waals surface area (Å²) >= 11 is 2.09. The number of nitrogens with one attached hydrogen (secondary N) is 2. The van der Waals surface area contributed by atoms with E-state index in [1.54, 1.807) is 43.5 Å². The fourth-order valence-corrected chi connectivity index (χ4v) is 3.29. The number of carbonyl (C=O) groups excluding carboxylic acids is 2. The van der Waals surface area contributed by atoms with E-state index < -0.39 is 11.8 Å². The van der Waals surface area contributed by atoms with Crippen LogP contribution >= 0.6 is 22.6 Å². The number of hydrazine groups is 1. The first-order chi connectivity index (χ1) is 13.6. The average Bonchev–Trinajstić information content (AvgIpc) is 2.71. The number of methoxy groups -OCH3 is 1. The second kappa shape index (κ2) is 11.5. The molecule has 0 fully saturated rings. The predicted octanol–water partition coefficient (Wildman–Crippen LogP) is 4.33. The molecule has 6 nitrogen and oxygen atoms in total. The van der Waals surface area contributed by atoms with Crippen molar-refractivity contribution in [2.75, 3.05) is 13.7 Å². The monoisotopic (exact) mass is 496 g/mol. The van der Waals surface area contributed by atoms with Crippen molar-refractivity contribution >= 4 is 34.4 Å². The largest absolute Gasteiger partial charge is 0.496 e. The zero-order chi connectivity index (χ0) is 20.4. The second-order valence-electron chi connectivity index (χ2n) is 6.16. The van der Waals surface area contributed by atoms with E-state index in [1.807, 2.05) is 6.07 Å². The summed E-state index contributed by atoms with van der Waals surface area (Å²) < 4.78 is 11.7. The molecule has 150 valence electrons. The highest BCUT2D eigenvalue weighted by Crippen LogP contribution is 2.21. The molecule has 0 aliphatic heterocycles. The molecular weight excluding hydrogens is 471 g/mol. The minimum Gasteiger partial charge on any atom is -0.496 e. The van der Waals surface area contributed by atoms with Gasteiger partial charge in [0.2, 0.25) is 0 Å². The van der Waals surface area contributed by atoms with Crippen LogP contribution in [0.3, 0.4) is 0 Å². The van der Waals surface area contributed by atoms with Gasteiger partial charge in [0.1, 0.15) is 11.5 Å². The Kier molecular flexibility index (Phi) is 9.06. The normalized spacial score (nSPS) is 10.2. The minimum atomic E-state index is -0.430. The van der Waals surface area contributed by atoms with Crippen molar-refractivity contribution in [2.45, 2.75) is 32.6 Å². The first kappa shape index (κ1) is 22.0. The number of carbonyl (C=O) groups is 2. The van der Waals surface area contributed by atoms with Gasteiger partial charge < -0.3 is 9.47 Å². The van der Waals surface area contributed by atoms with E-state index in [-0.39, 0.29) is 0 Å². The number of amides is 2. The first-order valence-electron chi connectivity index (χ1n) is 9.22. The van der Waals surface area contributed by atoms with E-state index >= 15 is 0 Å². The van der Waals surface area contributed by atoms with Crippen LogP contribution in [0, 0.1) is 3.57 Å². The Morgan fingerprint density at radius 1 is 0.964 bits per heavy atom. The third kappa shape index (κ3) is 6.40. The Hall–Kier alpha value is -2.29. The summed E-state index contributed by atoms with van der Waals surface area (Å²) in [5, 5.41) is 0. The van der Waals surface area contributed by atoms with Gasteiger partial charge in [-0.15, -0.1) is 0 Å². The topological polar surface area (TPSA) is 76.7 Å². The molecule has 2 aromatic carbocycles. The summed E-state index contributed by atoms with van der Waals surface area (Å²) in [4.78, 5) is 24.8. The van der Waals surface area contributed by atoms with Gasteiger partial charge in [-0.25, -0.2) is 0 Å². The fraction of sp³-hybridized carbons (Fsp3) is 0.333. The smallest absolute Gasteiger partial charge is 0.273 e. The molecule has 2 rings (SSSR count). The molecule has 0 spiro atoms. The third-order valence-corrected chi connectivity index (χ3v) is 4.93. The molecule has 0 aromatic heterocycles. The Morgan fingerprint density at radius 2 is 1.71 bits per heavy atom. The maximum atomic E-state index is 12.5. The molecule has 0 aliphatic carbocycles. The molecule has 0 saturated carbocycles. The molecular formula is C21H25IN2O4. The minimum absolute atomic E-state index is 0.377. The summed E-state index contributed by atoms with van der Waals surface area (Å²) in [7, 11) is 1.57. The van der Waals surface area contributed by atoms with Crippen LogP contribution in [-0.4, -0.2) is 25.5 Å². The number of rotatable bonds is 9. The lowest BCUT2D eigenvalue weighted by Crippen LogP contribution is -2.41. The van der Waals surface area contributed by atoms with E-state index in [0.29, 0.717) is 29.2 Å². The lowest BCUT2D eigenvalue weighted by molar-refractivity contribution is 0.0844. The van der Waals surface area contributed by atoms with Crippen LogP contribution in [0.2, 0.25) is 0 Å². The van der Waals surface area contributed by atoms with Crippen LogP contribution in [0.5, 0.6) is 11.5 Å². The zero-order valence-corrected chi connectivity index (χ0v) is 18.2. The van der Waals surface area contributed by atoms with Crippen LogP contribution in [0.1, 0.15) is 53.3 Å². The first-order valence-corrected chi connectivity index (χ1v) is 10.3. The van der Waals surface area contributed by atoms with Crippen LogP contribution < -0.4 is 20.3 Å². The second-order valence-corrected chi connectivity index (χ2v) is 7.33. The highest BCUT2D eigenvalue weighted by atomic mass is 127. The molecule has 0 atom stereocenters. The van der Waals surface area contributed by atoms with Gasteiger partial charge in [-0.1, -0.05) is 38.3 Å². The molecule has 0 bridgehead atoms. The Labute approximate surface area is 179 Å². The molecule has 0 aliphatic rings. The summed E-state index contributed by atoms with van der Waals surface area (Å²) in [6.07, 6.45) is 4.37. The number of ether oxygens (including phenoxy) is 2. The summed E-state index contributed by atoms with van der Waals surface area (Å²) in [5.74, 6) is 0.351. The van der Waals surface area contributed by atoms with Crippen molar-refractivity contribution in [1.29, 1.82) is 0 Å². The zero-order valence-electron chi connectivity index (χ0n) is 16.1. The molecule has 7 heteroatoms. The van der Waals surface area contributed by atoms with E-state index in [2.05, 4.69) is 40.4 Å². The maximum Gasteiger partial charge on any atom is 0.273 e. The molecule has 0 saturated heterocycles. The summed E-state index contributed by atoms with van der Waals surface area (Å²) in [6.45, 7) is 2.71. The van der Waals surface area contributed by atoms with Gasteiger partial charge in [-0.05, 0) is 59.3 Å². The molecule has 2 aromatic rings. The van der Waals surface area contributed by atoms with Gasteiger partial charge in [0, 0.05) is 5.56 Å². The number of halogens is 1. The third-order valence-electron chi connectivity index (χ3n) is 4.09. The van der Waals surface area contributed by atoms with E-state index in [4.69, 9.17) is 9.47 Å². The van der Waals surface area contributed by atoms with Crippen LogP contribution in [0.15, 0.2) is 42.5 Å². The van der Waals surface area contributed by atoms with Gasteiger partial charge in [-0.3, -0.25) is 20.4 Å². The van der Waals surface area contributed by atoms with E-state index in [9.17, 15) is 9.59 Å². The van der Waals surface area contributed by atoms with Gasteiger partial charge in [0.15, 0.2) is 0 Å². The van der Waals surface area contributed by atoms with Crippen molar-refractivity contribution in [3.05, 3.63) is 57.2 Å². The molecule has 0 radical (unpaired) electrons. The molecule has 2 N–H and O–H groups in total. The highest BCUT2D eigenvalue weighted by molar-refractivity contribution is 14.1. The number of para-hydroxylation sites is 1. The quantitative estimate of drug-likeness (QED) is 0.308. The molecule has 28 heavy (non-hydrogen) atoms. The van der Waals surface area contributed by atoms with E-state index in [0.717, 1.165) is 22.8 Å². The Morgan fingerprint density at radius 3 is 2.43 bits per heavy atom. The predicted molar refractivity (Wildman–Crippen MR) is 117 cm³/mol. The van der Waals surface area contributed by atoms with Crippen LogP contribution in [0.4, 0.5) is 0 Å². The molecule has 2 amide bonds. The standard InChI is InChI=1S/C21H25IN2O4/c1-3-4-5-8-13-28-18-10-7-6-9-16(18)21(26)24-23-20(25)15-11-12-19(27-2)17(22)14-15/h6-7,9-12,14H,3-5,8,13H2,1-2H3,(H,23,25)(H,24,26). The fourth-order valence-electron chi connectivity index (χ4n) is 2.55. The van der Waals surface area contributed by atoms with Crippen molar-refractivity contribution in [3.8, 4) is 11.5 Å². The number of hydrogen-bond acceptors (Lipinski definition) is 4. The molecule has 0 unspecified atom stereocenters. The maximum absolute atomic E-state index is 12.5. The van der Waals surface area contributed by atoms with E-state index in [1.165, 1.54) is 6.42 Å². The highest BCUT2D eigenvalue weighted by Gasteiger charge is 2.14. The van der Waals surface area contributed by atoms with Crippen molar-refractivity contribution in [2.24, 2.45) is 0 Å². The summed E-state index contributed by atoms with van der Waals surface area (Å²) in [6, 6.07) is 12.0. The van der Waals surface area contributed by atoms with Gasteiger partial charge in [0.25, 0.3) is 11.8 Å². The summed E-state index contributed by atoms with van der Waals surface area (Å²) in [5.41, 5.74) is 5.68. The van der Waals surface area contributed by atoms with Crippen molar-refractivity contribution in [3.63, 3.8) is 0 Å². The number of benzene rings is 2. The molecule has 0 heterocycles. The Bertz CT molecular complexity index is 811. The van der Waals surface area contributed by atoms with Crippen molar-refractivity contribution < 1.29 is 19.1 Å². The van der Waals surface area contributed by atoms with Gasteiger partial charge in [-0.2, -0.15) is 0 Å². The van der Waals surface area contributed by atoms with Crippen LogP contribution in [0.25, 0.3) is 0 Å². The SMILES string of the molecule is CCCCCCOc1ccccc1C(=O)NNC(=O)c1ccc(OC)c(I)c1. The lowest BCUT2D eigenvalue weighted by Gasteiger charge is -2.12. The number of hydrogen-bond donors (Lipinski definition) is 2. The average molecular weight is 496 g/mol. The lowest BCUT2D eigenvalue weighted by atomic mass is 10.2. The van der Waals surface area contributed by atoms with Crippen LogP contribution in [-0.2, 0) is 0 Å². The van der Waals surface area contributed by atoms with Crippen molar-refractivity contribution in [1.82, 2.24) is 10.9 Å². The van der Waals surface area contributed by atoms with Gasteiger partial charge >= 0.3 is 0 Å².